The molecule has 0 saturated carbocycles. The second-order valence-electron chi connectivity index (χ2n) is 12.9. The smallest absolute Gasteiger partial charge is 0.249 e. The molecule has 0 spiro atoms. The molecule has 1 heterocycles. The summed E-state index contributed by atoms with van der Waals surface area (Å²) >= 11 is 3.99. The molecule has 0 aliphatic rings. The zero-order chi connectivity index (χ0) is 48.0. The van der Waals surface area contributed by atoms with Gasteiger partial charge in [-0.1, -0.05) is 30.3 Å². The van der Waals surface area contributed by atoms with E-state index in [-0.39, 0.29) is 23.9 Å². The number of thiol groups is 1. The van der Waals surface area contributed by atoms with Crippen molar-refractivity contribution < 1.29 is 102 Å². The summed E-state index contributed by atoms with van der Waals surface area (Å²) in [4.78, 5) is 23.9. The van der Waals surface area contributed by atoms with Crippen LogP contribution in [0.15, 0.2) is 54.7 Å². The minimum absolute atomic E-state index is 0.0231. The molecule has 0 saturated heterocycles. The van der Waals surface area contributed by atoms with Gasteiger partial charge < -0.3 is 0 Å². The van der Waals surface area contributed by atoms with Gasteiger partial charge in [-0.2, -0.15) is 17.2 Å². The minimum atomic E-state index is -7.22. The van der Waals surface area contributed by atoms with Crippen LogP contribution in [-0.2, 0) is 6.54 Å². The van der Waals surface area contributed by atoms with Crippen LogP contribution < -0.4 is 26.4 Å². The number of carbonyl (C=O) groups excluding carboxylic acids is 2. The number of rotatable bonds is 9. The molecule has 6 aromatic rings. The lowest BCUT2D eigenvalue weighted by atomic mass is 9.12. The second-order valence-corrected chi connectivity index (χ2v) is 13.2. The molecular weight excluding hydrogens is 937 g/mol. The maximum absolute atomic E-state index is 15.4. The Morgan fingerprint density at radius 2 is 0.641 bits per heavy atom. The number of halogens is 20. The van der Waals surface area contributed by atoms with E-state index < -0.39 is 144 Å². The number of benzene rings is 5. The van der Waals surface area contributed by atoms with Gasteiger partial charge in [0.2, 0.25) is 23.8 Å². The molecule has 0 atom stereocenters. The van der Waals surface area contributed by atoms with Crippen LogP contribution in [0.25, 0.3) is 0 Å². The van der Waals surface area contributed by atoms with Gasteiger partial charge in [0, 0.05) is 17.7 Å². The Hall–Kier alpha value is -6.40. The van der Waals surface area contributed by atoms with Gasteiger partial charge in [0.25, 0.3) is 0 Å². The number of pyridine rings is 1. The van der Waals surface area contributed by atoms with Crippen molar-refractivity contribution in [2.24, 2.45) is 0 Å². The lowest BCUT2D eigenvalue weighted by Gasteiger charge is -2.44. The molecule has 0 N–H and O–H groups in total. The Bertz CT molecular complexity index is 2520. The molecule has 0 fully saturated rings. The molecule has 0 radical (unpaired) electrons. The van der Waals surface area contributed by atoms with Crippen LogP contribution in [0.1, 0.15) is 20.8 Å². The number of carbonyl (C=O) groups is 2. The summed E-state index contributed by atoms with van der Waals surface area (Å²) in [5, 5.41) is 0. The molecule has 0 aliphatic heterocycles. The fourth-order valence-corrected chi connectivity index (χ4v) is 6.85. The van der Waals surface area contributed by atoms with E-state index in [1.807, 2.05) is 18.2 Å². The van der Waals surface area contributed by atoms with Crippen molar-refractivity contribution in [2.45, 2.75) is 6.54 Å². The van der Waals surface area contributed by atoms with Gasteiger partial charge in [0.1, 0.15) is 52.7 Å². The predicted octanol–water partition coefficient (Wildman–Crippen LogP) is 7.82. The van der Waals surface area contributed by atoms with Crippen molar-refractivity contribution in [3.63, 3.8) is 0 Å². The van der Waals surface area contributed by atoms with Gasteiger partial charge in [-0.3, -0.25) is 9.59 Å². The van der Waals surface area contributed by atoms with E-state index in [9.17, 15) is 62.3 Å². The maximum Gasteiger partial charge on any atom is 0.249 e. The minimum Gasteiger partial charge on any atom is -0.287 e. The highest BCUT2D eigenvalue weighted by molar-refractivity contribution is 7.81. The number of hydrogen-bond acceptors (Lipinski definition) is 3. The molecular formula is C39H14BF20NO2S. The van der Waals surface area contributed by atoms with Crippen molar-refractivity contribution in [2.75, 3.05) is 5.75 Å². The van der Waals surface area contributed by atoms with Crippen LogP contribution >= 0.6 is 12.6 Å². The van der Waals surface area contributed by atoms with Crippen LogP contribution in [0, 0.1) is 116 Å². The van der Waals surface area contributed by atoms with Crippen molar-refractivity contribution in [1.29, 1.82) is 0 Å². The Kier molecular flexibility index (Phi) is 14.0. The topological polar surface area (TPSA) is 38.0 Å². The zero-order valence-corrected chi connectivity index (χ0v) is 31.4. The molecule has 5 aromatic carbocycles. The van der Waals surface area contributed by atoms with E-state index in [1.165, 1.54) is 0 Å². The van der Waals surface area contributed by atoms with E-state index in [2.05, 4.69) is 12.6 Å². The summed E-state index contributed by atoms with van der Waals surface area (Å²) in [6, 6.07) is 14.3. The highest BCUT2D eigenvalue weighted by atomic mass is 32.1. The first-order valence-electron chi connectivity index (χ1n) is 16.9. The fraction of sp³-hybridized carbons (Fsp3) is 0.0513. The third-order valence-electron chi connectivity index (χ3n) is 9.49. The number of hydrogen-bond donors (Lipinski definition) is 1. The maximum atomic E-state index is 15.4. The Morgan fingerprint density at radius 3 is 0.922 bits per heavy atom. The third-order valence-corrected chi connectivity index (χ3v) is 9.77. The summed E-state index contributed by atoms with van der Waals surface area (Å²) < 4.78 is 296. The molecule has 0 unspecified atom stereocenters. The van der Waals surface area contributed by atoms with Gasteiger partial charge in [-0.05, 0) is 6.07 Å². The Labute approximate surface area is 348 Å². The Balaban J connectivity index is 0.000000337. The van der Waals surface area contributed by atoms with E-state index in [0.29, 0.717) is 11.3 Å². The molecule has 3 nitrogen and oxygen atoms in total. The normalized spacial score (nSPS) is 11.5. The average molecular weight is 951 g/mol. The van der Waals surface area contributed by atoms with Crippen LogP contribution in [0.3, 0.4) is 0 Å². The van der Waals surface area contributed by atoms with Gasteiger partial charge in [-0.25, -0.2) is 87.8 Å². The van der Waals surface area contributed by atoms with E-state index in [0.717, 1.165) is 0 Å². The van der Waals surface area contributed by atoms with Crippen molar-refractivity contribution in [3.05, 3.63) is 182 Å². The third kappa shape index (κ3) is 7.71. The van der Waals surface area contributed by atoms with Crippen LogP contribution in [0.4, 0.5) is 87.8 Å². The van der Waals surface area contributed by atoms with Gasteiger partial charge in [-0.15, -0.1) is 21.9 Å². The number of ketones is 2. The van der Waals surface area contributed by atoms with Crippen molar-refractivity contribution in [1.82, 2.24) is 0 Å². The van der Waals surface area contributed by atoms with Crippen LogP contribution in [0.2, 0.25) is 0 Å². The highest BCUT2D eigenvalue weighted by Crippen LogP contribution is 2.30. The molecule has 25 heteroatoms. The molecule has 0 bridgehead atoms. The Morgan fingerprint density at radius 1 is 0.375 bits per heavy atom. The van der Waals surface area contributed by atoms with Crippen molar-refractivity contribution >= 4 is 52.2 Å². The molecule has 336 valence electrons. The number of nitrogens with zero attached hydrogens (tertiary/aromatic N) is 1. The van der Waals surface area contributed by atoms with E-state index >= 15 is 35.1 Å². The van der Waals surface area contributed by atoms with Gasteiger partial charge >= 0.3 is 0 Å². The molecule has 6 rings (SSSR count). The molecule has 64 heavy (non-hydrogen) atoms. The fourth-order valence-electron chi connectivity index (χ4n) is 6.69. The molecule has 1 aromatic heterocycles. The summed E-state index contributed by atoms with van der Waals surface area (Å²) in [6.45, 7) is 0.152. The summed E-state index contributed by atoms with van der Waals surface area (Å²) in [5.41, 5.74) is -13.2. The first-order chi connectivity index (χ1) is 29.9. The standard InChI is InChI=1S/C24BF20.C15H13NO2S/c26-5-1(6(27)14(35)21(42)13(5)34)25(2-7(28)15(36)22(43)16(37)8(2)29,3-9(30)17(38)23(44)18(39)10(3)31)4-11(32)19(40)24(45)20(41)12(4)33;17-14(12-6-2-1-3-7-12)10-16-9-5-4-8-13(16)15(18)11-19/h;1-9H,10-11H2/q-1;/p+1. The number of Topliss-reactive ketones (excluding diaryl/α,β-unsaturated/α-hetero) is 2. The average Bonchev–Trinajstić information content (AvgIpc) is 3.29. The highest BCUT2D eigenvalue weighted by Gasteiger charge is 2.52. The lowest BCUT2D eigenvalue weighted by Crippen LogP contribution is -2.81. The number of aromatic nitrogens is 1. The summed E-state index contributed by atoms with van der Waals surface area (Å²) in [7, 11) is 0. The monoisotopic (exact) mass is 951 g/mol. The first-order valence-corrected chi connectivity index (χ1v) is 17.5. The van der Waals surface area contributed by atoms with Crippen LogP contribution in [-0.4, -0.2) is 23.5 Å². The molecule has 0 aliphatic carbocycles. The lowest BCUT2D eigenvalue weighted by molar-refractivity contribution is -0.685. The van der Waals surface area contributed by atoms with E-state index in [1.54, 1.807) is 41.1 Å². The quantitative estimate of drug-likeness (QED) is 0.0306. The largest absolute Gasteiger partial charge is 0.287 e. The summed E-state index contributed by atoms with van der Waals surface area (Å²) in [5.74, 6) is -71.4. The van der Waals surface area contributed by atoms with E-state index in [4.69, 9.17) is 0 Å². The van der Waals surface area contributed by atoms with Gasteiger partial charge in [0.15, 0.2) is 76.0 Å². The zero-order valence-electron chi connectivity index (χ0n) is 30.5. The SMILES string of the molecule is Fc1c(F)c(F)c([B-](c2c(F)c(F)c(F)c(F)c2F)(c2c(F)c(F)c(F)c(F)c2F)c2c(F)c(F)c(F)c(F)c2F)c(F)c1F.O=C(C[n+]1ccccc1C(=O)CS)c1ccccc1. The van der Waals surface area contributed by atoms with Crippen LogP contribution in [0.5, 0.6) is 0 Å². The first kappa shape index (κ1) is 48.6. The summed E-state index contributed by atoms with van der Waals surface area (Å²) in [6.07, 6.45) is -5.48. The van der Waals surface area contributed by atoms with Crippen molar-refractivity contribution in [3.8, 4) is 0 Å². The second kappa shape index (κ2) is 18.4. The predicted molar refractivity (Wildman–Crippen MR) is 185 cm³/mol. The van der Waals surface area contributed by atoms with Gasteiger partial charge in [0.05, 0.1) is 5.75 Å². The molecule has 0 amide bonds.